The number of thiol groups is 1. The maximum absolute atomic E-state index is 4.07. The Morgan fingerprint density at radius 2 is 2.33 bits per heavy atom. The van der Waals surface area contributed by atoms with E-state index in [4.69, 9.17) is 0 Å². The Morgan fingerprint density at radius 3 is 2.33 bits per heavy atom. The van der Waals surface area contributed by atoms with Crippen LogP contribution in [0.5, 0.6) is 0 Å². The fourth-order valence-corrected chi connectivity index (χ4v) is 3.51. The third kappa shape index (κ3) is 1.05. The summed E-state index contributed by atoms with van der Waals surface area (Å²) in [6, 6.07) is 0. The highest BCUT2D eigenvalue weighted by molar-refractivity contribution is 8.69. The van der Waals surface area contributed by atoms with Gasteiger partial charge in [0.05, 0.1) is 0 Å². The van der Waals surface area contributed by atoms with Crippen molar-refractivity contribution in [3.05, 3.63) is 0 Å². The molecule has 1 heterocycles. The molecule has 0 radical (unpaired) electrons. The van der Waals surface area contributed by atoms with E-state index < -0.39 is 0 Å². The van der Waals surface area contributed by atoms with Crippen LogP contribution in [0.4, 0.5) is 0 Å². The van der Waals surface area contributed by atoms with E-state index >= 15 is 0 Å². The minimum absolute atomic E-state index is 0.909. The molecule has 0 N–H and O–H groups in total. The van der Waals surface area contributed by atoms with Gasteiger partial charge in [-0.3, -0.25) is 0 Å². The lowest BCUT2D eigenvalue weighted by Gasteiger charge is -2.21. The van der Waals surface area contributed by atoms with E-state index in [1.165, 1.54) is 20.9 Å². The van der Waals surface area contributed by atoms with E-state index in [2.05, 4.69) is 11.7 Å². The Bertz CT molecular complexity index is 41.3. The van der Waals surface area contributed by atoms with Crippen molar-refractivity contribution in [1.82, 2.24) is 0 Å². The predicted octanol–water partition coefficient (Wildman–Crippen LogP) is 1.63. The van der Waals surface area contributed by atoms with Gasteiger partial charge in [-0.05, 0) is 12.3 Å². The maximum atomic E-state index is 4.07. The minimum atomic E-state index is 0.909. The molecule has 0 unspecified atom stereocenters. The van der Waals surface area contributed by atoms with Gasteiger partial charge in [-0.1, -0.05) is 10.8 Å². The molecule has 0 amide bonds. The van der Waals surface area contributed by atoms with Gasteiger partial charge in [0.1, 0.15) is 0 Å². The molecule has 0 atom stereocenters. The van der Waals surface area contributed by atoms with E-state index in [9.17, 15) is 0 Å². The highest BCUT2D eigenvalue weighted by atomic mass is 33.1. The van der Waals surface area contributed by atoms with Crippen LogP contribution in [0.25, 0.3) is 0 Å². The molecule has 0 aromatic heterocycles. The van der Waals surface area contributed by atoms with Crippen LogP contribution < -0.4 is 0 Å². The zero-order valence-corrected chi connectivity index (χ0v) is 6.06. The molecule has 0 spiro atoms. The molecule has 0 nitrogen and oxygen atoms in total. The molecule has 1 saturated heterocycles. The number of hydrogen-bond donors (Lipinski definition) is 1. The summed E-state index contributed by atoms with van der Waals surface area (Å²) < 4.78 is 0. The molecule has 0 aromatic carbocycles. The van der Waals surface area contributed by atoms with E-state index in [0.29, 0.717) is 0 Å². The first-order valence-corrected chi connectivity index (χ1v) is 5.29. The van der Waals surface area contributed by atoms with Crippen LogP contribution in [0, 0.1) is 0 Å². The van der Waals surface area contributed by atoms with Crippen LogP contribution in [0.3, 0.4) is 0 Å². The molecular formula is C3H7PS2. The molecule has 1 fully saturated rings. The average molecular weight is 138 g/mol. The molecular weight excluding hydrogens is 131 g/mol. The van der Waals surface area contributed by atoms with Gasteiger partial charge in [0.2, 0.25) is 0 Å². The lowest BCUT2D eigenvalue weighted by molar-refractivity contribution is 1.08. The van der Waals surface area contributed by atoms with Crippen molar-refractivity contribution in [2.75, 3.05) is 12.3 Å². The summed E-state index contributed by atoms with van der Waals surface area (Å²) in [5.41, 5.74) is 0. The van der Waals surface area contributed by atoms with Crippen molar-refractivity contribution >= 4 is 31.0 Å². The summed E-state index contributed by atoms with van der Waals surface area (Å²) in [6.07, 6.45) is 2.85. The Labute approximate surface area is 49.1 Å². The SMILES string of the molecule is SSC1CPC1. The second kappa shape index (κ2) is 2.44. The minimum Gasteiger partial charge on any atom is -0.120 e. The highest BCUT2D eigenvalue weighted by Crippen LogP contribution is 2.35. The zero-order valence-electron chi connectivity index (χ0n) is 3.35. The van der Waals surface area contributed by atoms with Gasteiger partial charge in [0.15, 0.2) is 0 Å². The zero-order chi connectivity index (χ0) is 4.41. The Balaban J connectivity index is 2.01. The van der Waals surface area contributed by atoms with Gasteiger partial charge in [-0.15, -0.1) is 20.2 Å². The topological polar surface area (TPSA) is 0 Å². The van der Waals surface area contributed by atoms with Crippen LogP contribution in [0.2, 0.25) is 0 Å². The van der Waals surface area contributed by atoms with Gasteiger partial charge in [0.25, 0.3) is 0 Å². The largest absolute Gasteiger partial charge is 0.120 e. The van der Waals surface area contributed by atoms with Gasteiger partial charge < -0.3 is 0 Å². The standard InChI is InChI=1S/C3H7PS2/c5-6-3-1-4-2-3/h3-5H,1-2H2. The predicted molar refractivity (Wildman–Crippen MR) is 38.4 cm³/mol. The van der Waals surface area contributed by atoms with Crippen molar-refractivity contribution in [2.24, 2.45) is 0 Å². The molecule has 36 valence electrons. The molecule has 0 aliphatic carbocycles. The maximum Gasteiger partial charge on any atom is 0.0222 e. The van der Waals surface area contributed by atoms with Crippen LogP contribution in [0.1, 0.15) is 0 Å². The fraction of sp³-hybridized carbons (Fsp3) is 1.00. The molecule has 0 aromatic rings. The van der Waals surface area contributed by atoms with Crippen molar-refractivity contribution in [2.45, 2.75) is 5.25 Å². The van der Waals surface area contributed by atoms with E-state index in [1.54, 1.807) is 10.8 Å². The molecule has 6 heavy (non-hydrogen) atoms. The van der Waals surface area contributed by atoms with Crippen LogP contribution in [-0.2, 0) is 0 Å². The van der Waals surface area contributed by atoms with E-state index in [-0.39, 0.29) is 0 Å². The third-order valence-electron chi connectivity index (χ3n) is 0.893. The summed E-state index contributed by atoms with van der Waals surface area (Å²) in [6.45, 7) is 0. The molecule has 1 rings (SSSR count). The van der Waals surface area contributed by atoms with Crippen LogP contribution >= 0.6 is 31.0 Å². The molecule has 1 aliphatic rings. The van der Waals surface area contributed by atoms with Gasteiger partial charge in [-0.2, -0.15) is 0 Å². The Morgan fingerprint density at radius 1 is 1.67 bits per heavy atom. The number of hydrogen-bond acceptors (Lipinski definition) is 2. The lowest BCUT2D eigenvalue weighted by atomic mass is 10.5. The van der Waals surface area contributed by atoms with Crippen molar-refractivity contribution in [3.63, 3.8) is 0 Å². The third-order valence-corrected chi connectivity index (χ3v) is 4.57. The summed E-state index contributed by atoms with van der Waals surface area (Å²) >= 11 is 4.07. The number of rotatable bonds is 1. The van der Waals surface area contributed by atoms with Crippen molar-refractivity contribution in [3.8, 4) is 0 Å². The average Bonchev–Trinajstić information content (AvgIpc) is 1.31. The molecule has 1 aliphatic heterocycles. The van der Waals surface area contributed by atoms with Crippen molar-refractivity contribution < 1.29 is 0 Å². The smallest absolute Gasteiger partial charge is 0.0222 e. The summed E-state index contributed by atoms with van der Waals surface area (Å²) in [5, 5.41) is 0.909. The fourth-order valence-electron chi connectivity index (χ4n) is 0.337. The van der Waals surface area contributed by atoms with E-state index in [0.717, 1.165) is 5.25 Å². The van der Waals surface area contributed by atoms with Gasteiger partial charge in [-0.25, -0.2) is 0 Å². The molecule has 0 bridgehead atoms. The quantitative estimate of drug-likeness (QED) is 0.326. The van der Waals surface area contributed by atoms with Gasteiger partial charge in [0, 0.05) is 5.25 Å². The summed E-state index contributed by atoms with van der Waals surface area (Å²) in [7, 11) is 2.95. The first-order valence-electron chi connectivity index (χ1n) is 1.94. The first kappa shape index (κ1) is 5.27. The second-order valence-electron chi connectivity index (χ2n) is 1.39. The summed E-state index contributed by atoms with van der Waals surface area (Å²) in [5.74, 6) is 0. The van der Waals surface area contributed by atoms with Crippen LogP contribution in [-0.4, -0.2) is 17.6 Å². The monoisotopic (exact) mass is 138 g/mol. The molecule has 0 saturated carbocycles. The normalized spacial score (nSPS) is 36.5. The second-order valence-corrected chi connectivity index (χ2v) is 4.21. The Kier molecular flexibility index (Phi) is 2.14. The van der Waals surface area contributed by atoms with Crippen molar-refractivity contribution in [1.29, 1.82) is 0 Å². The first-order chi connectivity index (χ1) is 2.93. The highest BCUT2D eigenvalue weighted by Gasteiger charge is 2.14. The lowest BCUT2D eigenvalue weighted by Crippen LogP contribution is -2.16. The van der Waals surface area contributed by atoms with E-state index in [1.807, 2.05) is 0 Å². The van der Waals surface area contributed by atoms with Crippen LogP contribution in [0.15, 0.2) is 0 Å². The van der Waals surface area contributed by atoms with Gasteiger partial charge >= 0.3 is 0 Å². The Hall–Kier alpha value is 1.13. The summed E-state index contributed by atoms with van der Waals surface area (Å²) in [4.78, 5) is 0. The molecule has 3 heteroatoms.